The van der Waals surface area contributed by atoms with E-state index in [1.165, 1.54) is 12.1 Å². The number of methoxy groups -OCH3 is 1. The summed E-state index contributed by atoms with van der Waals surface area (Å²) in [6.45, 7) is 0.931. The van der Waals surface area contributed by atoms with Crippen molar-refractivity contribution >= 4 is 6.03 Å². The van der Waals surface area contributed by atoms with Crippen LogP contribution >= 0.6 is 0 Å². The highest BCUT2D eigenvalue weighted by Crippen LogP contribution is 2.16. The molecule has 0 aliphatic rings. The monoisotopic (exact) mass is 318 g/mol. The lowest BCUT2D eigenvalue weighted by Crippen LogP contribution is -2.37. The largest absolute Gasteiger partial charge is 0.496 e. The van der Waals surface area contributed by atoms with Crippen LogP contribution in [0.4, 0.5) is 9.18 Å². The van der Waals surface area contributed by atoms with E-state index in [2.05, 4.69) is 10.6 Å². The van der Waals surface area contributed by atoms with E-state index >= 15 is 0 Å². The fourth-order valence-corrected chi connectivity index (χ4v) is 1.98. The quantitative estimate of drug-likeness (QED) is 0.772. The molecule has 0 unspecified atom stereocenters. The zero-order chi connectivity index (χ0) is 16.5. The number of halogens is 1. The fraction of sp³-hybridized carbons (Fsp3) is 0.235. The van der Waals surface area contributed by atoms with Crippen molar-refractivity contribution in [2.75, 3.05) is 20.3 Å². The molecular formula is C17H19FN2O3. The number of carbonyl (C=O) groups excluding carboxylic acids is 1. The zero-order valence-electron chi connectivity index (χ0n) is 12.8. The number of hydrogen-bond donors (Lipinski definition) is 2. The van der Waals surface area contributed by atoms with Gasteiger partial charge in [0.25, 0.3) is 0 Å². The third-order valence-corrected chi connectivity index (χ3v) is 3.08. The van der Waals surface area contributed by atoms with E-state index in [0.717, 1.165) is 11.3 Å². The predicted octanol–water partition coefficient (Wildman–Crippen LogP) is 2.71. The highest BCUT2D eigenvalue weighted by Gasteiger charge is 2.04. The van der Waals surface area contributed by atoms with Crippen molar-refractivity contribution in [3.8, 4) is 11.5 Å². The lowest BCUT2D eigenvalue weighted by atomic mass is 10.2. The van der Waals surface area contributed by atoms with E-state index < -0.39 is 0 Å². The van der Waals surface area contributed by atoms with E-state index in [0.29, 0.717) is 18.8 Å². The molecule has 122 valence electrons. The molecule has 0 aliphatic heterocycles. The van der Waals surface area contributed by atoms with Gasteiger partial charge in [0, 0.05) is 18.2 Å². The third-order valence-electron chi connectivity index (χ3n) is 3.08. The van der Waals surface area contributed by atoms with Crippen molar-refractivity contribution in [2.24, 2.45) is 0 Å². The molecule has 0 aromatic heterocycles. The summed E-state index contributed by atoms with van der Waals surface area (Å²) in [6.07, 6.45) is 0. The molecular weight excluding hydrogens is 299 g/mol. The van der Waals surface area contributed by atoms with E-state index in [1.54, 1.807) is 19.2 Å². The fourth-order valence-electron chi connectivity index (χ4n) is 1.98. The van der Waals surface area contributed by atoms with Crippen LogP contribution in [0.5, 0.6) is 11.5 Å². The Hall–Kier alpha value is -2.76. The number of hydrogen-bond acceptors (Lipinski definition) is 3. The van der Waals surface area contributed by atoms with Crippen molar-refractivity contribution in [1.82, 2.24) is 10.6 Å². The summed E-state index contributed by atoms with van der Waals surface area (Å²) in [7, 11) is 1.59. The number of amides is 2. The maximum atomic E-state index is 13.0. The van der Waals surface area contributed by atoms with Gasteiger partial charge >= 0.3 is 6.03 Å². The smallest absolute Gasteiger partial charge is 0.315 e. The summed E-state index contributed by atoms with van der Waals surface area (Å²) in [4.78, 5) is 11.7. The first-order chi connectivity index (χ1) is 11.2. The summed E-state index contributed by atoms with van der Waals surface area (Å²) in [6, 6.07) is 13.0. The molecule has 2 aromatic carbocycles. The maximum absolute atomic E-state index is 13.0. The highest BCUT2D eigenvalue weighted by atomic mass is 19.1. The molecule has 2 rings (SSSR count). The van der Waals surface area contributed by atoms with Gasteiger partial charge in [-0.3, -0.25) is 0 Å². The van der Waals surface area contributed by atoms with Gasteiger partial charge in [-0.15, -0.1) is 0 Å². The Morgan fingerprint density at radius 3 is 2.74 bits per heavy atom. The number of benzene rings is 2. The summed E-state index contributed by atoms with van der Waals surface area (Å²) in [5, 5.41) is 5.40. The molecule has 0 fully saturated rings. The second-order valence-corrected chi connectivity index (χ2v) is 4.73. The minimum atomic E-state index is -0.356. The van der Waals surface area contributed by atoms with Gasteiger partial charge in [0.05, 0.1) is 13.7 Å². The van der Waals surface area contributed by atoms with Crippen molar-refractivity contribution in [3.63, 3.8) is 0 Å². The van der Waals surface area contributed by atoms with Crippen LogP contribution in [0.3, 0.4) is 0 Å². The van der Waals surface area contributed by atoms with E-state index in [1.807, 2.05) is 24.3 Å². The van der Waals surface area contributed by atoms with Crippen molar-refractivity contribution in [3.05, 3.63) is 59.9 Å². The van der Waals surface area contributed by atoms with Crippen molar-refractivity contribution < 1.29 is 18.7 Å². The number of urea groups is 1. The standard InChI is InChI=1S/C17H19FN2O3/c1-22-16-8-3-2-5-13(16)12-20-17(21)19-9-10-23-15-7-4-6-14(18)11-15/h2-8,11H,9-10,12H2,1H3,(H2,19,20,21). The van der Waals surface area contributed by atoms with Gasteiger partial charge in [-0.1, -0.05) is 24.3 Å². The van der Waals surface area contributed by atoms with Crippen molar-refractivity contribution in [2.45, 2.75) is 6.54 Å². The third kappa shape index (κ3) is 5.50. The van der Waals surface area contributed by atoms with Crippen LogP contribution in [0.2, 0.25) is 0 Å². The Balaban J connectivity index is 1.67. The number of para-hydroxylation sites is 1. The van der Waals surface area contributed by atoms with E-state index in [-0.39, 0.29) is 18.5 Å². The minimum absolute atomic E-state index is 0.255. The zero-order valence-corrected chi connectivity index (χ0v) is 12.8. The van der Waals surface area contributed by atoms with Gasteiger partial charge in [0.1, 0.15) is 23.9 Å². The van der Waals surface area contributed by atoms with Crippen LogP contribution in [0.15, 0.2) is 48.5 Å². The summed E-state index contributed by atoms with van der Waals surface area (Å²) in [5.74, 6) is 0.800. The number of nitrogens with one attached hydrogen (secondary N) is 2. The Labute approximate surface area is 134 Å². The Bertz CT molecular complexity index is 649. The molecule has 0 aliphatic carbocycles. The summed E-state index contributed by atoms with van der Waals surface area (Å²) < 4.78 is 23.5. The maximum Gasteiger partial charge on any atom is 0.315 e. The molecule has 2 N–H and O–H groups in total. The molecule has 2 amide bonds. The first-order valence-corrected chi connectivity index (χ1v) is 7.21. The van der Waals surface area contributed by atoms with E-state index in [4.69, 9.17) is 9.47 Å². The predicted molar refractivity (Wildman–Crippen MR) is 85.1 cm³/mol. The molecule has 0 saturated heterocycles. The average Bonchev–Trinajstić information content (AvgIpc) is 2.57. The Kier molecular flexibility index (Phi) is 6.23. The number of carbonyl (C=O) groups is 1. The van der Waals surface area contributed by atoms with Crippen LogP contribution < -0.4 is 20.1 Å². The van der Waals surface area contributed by atoms with Gasteiger partial charge in [-0.05, 0) is 18.2 Å². The van der Waals surface area contributed by atoms with Crippen LogP contribution in [-0.2, 0) is 6.54 Å². The molecule has 2 aromatic rings. The Morgan fingerprint density at radius 1 is 1.13 bits per heavy atom. The van der Waals surface area contributed by atoms with Crippen molar-refractivity contribution in [1.29, 1.82) is 0 Å². The molecule has 0 saturated carbocycles. The number of ether oxygens (including phenoxy) is 2. The summed E-state index contributed by atoms with van der Waals surface area (Å²) >= 11 is 0. The lowest BCUT2D eigenvalue weighted by molar-refractivity contribution is 0.236. The number of rotatable bonds is 7. The van der Waals surface area contributed by atoms with E-state index in [9.17, 15) is 9.18 Å². The lowest BCUT2D eigenvalue weighted by Gasteiger charge is -2.11. The van der Waals surface area contributed by atoms with Gasteiger partial charge in [-0.25, -0.2) is 9.18 Å². The molecule has 6 heteroatoms. The normalized spacial score (nSPS) is 10.0. The first-order valence-electron chi connectivity index (χ1n) is 7.21. The minimum Gasteiger partial charge on any atom is -0.496 e. The molecule has 23 heavy (non-hydrogen) atoms. The SMILES string of the molecule is COc1ccccc1CNC(=O)NCCOc1cccc(F)c1. The topological polar surface area (TPSA) is 59.6 Å². The molecule has 0 spiro atoms. The molecule has 0 bridgehead atoms. The average molecular weight is 318 g/mol. The van der Waals surface area contributed by atoms with Gasteiger partial charge in [-0.2, -0.15) is 0 Å². The van der Waals surface area contributed by atoms with Crippen LogP contribution in [-0.4, -0.2) is 26.3 Å². The van der Waals surface area contributed by atoms with Crippen LogP contribution in [0.1, 0.15) is 5.56 Å². The highest BCUT2D eigenvalue weighted by molar-refractivity contribution is 5.73. The first kappa shape index (κ1) is 16.6. The molecule has 0 atom stereocenters. The van der Waals surface area contributed by atoms with Crippen LogP contribution in [0.25, 0.3) is 0 Å². The van der Waals surface area contributed by atoms with Gasteiger partial charge in [0.2, 0.25) is 0 Å². The molecule has 0 heterocycles. The van der Waals surface area contributed by atoms with Gasteiger partial charge < -0.3 is 20.1 Å². The summed E-state index contributed by atoms with van der Waals surface area (Å²) in [5.41, 5.74) is 0.890. The second kappa shape index (κ2) is 8.63. The Morgan fingerprint density at radius 2 is 1.96 bits per heavy atom. The molecule has 0 radical (unpaired) electrons. The van der Waals surface area contributed by atoms with Gasteiger partial charge in [0.15, 0.2) is 0 Å². The van der Waals surface area contributed by atoms with Crippen LogP contribution in [0, 0.1) is 5.82 Å². The molecule has 5 nitrogen and oxygen atoms in total. The second-order valence-electron chi connectivity index (χ2n) is 4.73.